The number of urea groups is 1. The fraction of sp³-hybridized carbons (Fsp3) is 0.800. The Morgan fingerprint density at radius 1 is 1.25 bits per heavy atom. The molecule has 0 aliphatic carbocycles. The molecule has 4 N–H and O–H groups in total. The molecule has 6 heteroatoms. The minimum atomic E-state index is -1.27. The Bertz CT molecular complexity index is 260. The molecule has 16 heavy (non-hydrogen) atoms. The van der Waals surface area contributed by atoms with E-state index in [0.29, 0.717) is 0 Å². The predicted molar refractivity (Wildman–Crippen MR) is 59.1 cm³/mol. The molecular formula is C10H20N2O4. The number of nitrogens with one attached hydrogen (secondary N) is 2. The Morgan fingerprint density at radius 2 is 1.75 bits per heavy atom. The van der Waals surface area contributed by atoms with Gasteiger partial charge in [0.25, 0.3) is 0 Å². The number of rotatable bonds is 4. The third-order valence-electron chi connectivity index (χ3n) is 2.43. The van der Waals surface area contributed by atoms with Gasteiger partial charge in [0, 0.05) is 6.04 Å². The van der Waals surface area contributed by atoms with Gasteiger partial charge in [-0.2, -0.15) is 0 Å². The number of aliphatic hydroxyl groups excluding tert-OH is 1. The fourth-order valence-corrected chi connectivity index (χ4v) is 0.799. The van der Waals surface area contributed by atoms with Gasteiger partial charge < -0.3 is 20.8 Å². The van der Waals surface area contributed by atoms with Crippen LogP contribution in [0.4, 0.5) is 4.79 Å². The zero-order chi connectivity index (χ0) is 12.9. The molecule has 0 aliphatic rings. The first-order valence-electron chi connectivity index (χ1n) is 5.09. The minimum absolute atomic E-state index is 0.111. The fourth-order valence-electron chi connectivity index (χ4n) is 0.799. The van der Waals surface area contributed by atoms with Crippen LogP contribution in [-0.4, -0.2) is 40.9 Å². The maximum atomic E-state index is 11.4. The quantitative estimate of drug-likeness (QED) is 0.555. The SMILES string of the molecule is CC(NC(=O)NC(CO)C(=O)O)C(C)(C)C. The van der Waals surface area contributed by atoms with Crippen molar-refractivity contribution in [3.8, 4) is 0 Å². The van der Waals surface area contributed by atoms with Crippen molar-refractivity contribution in [1.29, 1.82) is 0 Å². The Kier molecular flexibility index (Phi) is 5.23. The summed E-state index contributed by atoms with van der Waals surface area (Å²) in [6.07, 6.45) is 0. The number of hydrogen-bond acceptors (Lipinski definition) is 3. The molecule has 2 unspecified atom stereocenters. The van der Waals surface area contributed by atoms with Crippen molar-refractivity contribution < 1.29 is 19.8 Å². The molecule has 0 heterocycles. The lowest BCUT2D eigenvalue weighted by atomic mass is 9.88. The van der Waals surface area contributed by atoms with E-state index in [9.17, 15) is 9.59 Å². The third-order valence-corrected chi connectivity index (χ3v) is 2.43. The van der Waals surface area contributed by atoms with Crippen LogP contribution in [0, 0.1) is 5.41 Å². The lowest BCUT2D eigenvalue weighted by molar-refractivity contribution is -0.140. The van der Waals surface area contributed by atoms with Crippen molar-refractivity contribution in [1.82, 2.24) is 10.6 Å². The molecule has 0 saturated heterocycles. The van der Waals surface area contributed by atoms with Crippen LogP contribution in [-0.2, 0) is 4.79 Å². The van der Waals surface area contributed by atoms with Gasteiger partial charge in [-0.3, -0.25) is 0 Å². The monoisotopic (exact) mass is 232 g/mol. The first kappa shape index (κ1) is 14.7. The normalized spacial score (nSPS) is 15.1. The van der Waals surface area contributed by atoms with E-state index in [1.54, 1.807) is 0 Å². The molecule has 94 valence electrons. The van der Waals surface area contributed by atoms with E-state index in [2.05, 4.69) is 10.6 Å². The standard InChI is InChI=1S/C10H20N2O4/c1-6(10(2,3)4)11-9(16)12-7(5-13)8(14)15/h6-7,13H,5H2,1-4H3,(H,14,15)(H2,11,12,16). The highest BCUT2D eigenvalue weighted by molar-refractivity contribution is 5.82. The lowest BCUT2D eigenvalue weighted by Gasteiger charge is -2.28. The van der Waals surface area contributed by atoms with Crippen molar-refractivity contribution in [2.45, 2.75) is 39.8 Å². The number of hydrogen-bond donors (Lipinski definition) is 4. The van der Waals surface area contributed by atoms with Crippen LogP contribution >= 0.6 is 0 Å². The summed E-state index contributed by atoms with van der Waals surface area (Å²) in [5.41, 5.74) is -0.116. The Morgan fingerprint density at radius 3 is 2.06 bits per heavy atom. The highest BCUT2D eigenvalue weighted by Crippen LogP contribution is 2.18. The second kappa shape index (κ2) is 5.69. The summed E-state index contributed by atoms with van der Waals surface area (Å²) >= 11 is 0. The van der Waals surface area contributed by atoms with E-state index in [1.165, 1.54) is 0 Å². The molecule has 0 aliphatic heterocycles. The van der Waals surface area contributed by atoms with E-state index < -0.39 is 24.6 Å². The van der Waals surface area contributed by atoms with E-state index in [0.717, 1.165) is 0 Å². The van der Waals surface area contributed by atoms with Crippen LogP contribution in [0.15, 0.2) is 0 Å². The summed E-state index contributed by atoms with van der Waals surface area (Å²) in [6.45, 7) is 7.07. The molecule has 0 aromatic heterocycles. The number of carbonyl (C=O) groups excluding carboxylic acids is 1. The van der Waals surface area contributed by atoms with Gasteiger partial charge in [-0.15, -0.1) is 0 Å². The highest BCUT2D eigenvalue weighted by atomic mass is 16.4. The van der Waals surface area contributed by atoms with Crippen LogP contribution in [0.3, 0.4) is 0 Å². The smallest absolute Gasteiger partial charge is 0.328 e. The largest absolute Gasteiger partial charge is 0.480 e. The van der Waals surface area contributed by atoms with E-state index >= 15 is 0 Å². The summed E-state index contributed by atoms with van der Waals surface area (Å²) in [7, 11) is 0. The van der Waals surface area contributed by atoms with Gasteiger partial charge in [0.05, 0.1) is 6.61 Å². The van der Waals surface area contributed by atoms with E-state index in [4.69, 9.17) is 10.2 Å². The number of carbonyl (C=O) groups is 2. The number of carboxylic acid groups (broad SMARTS) is 1. The van der Waals surface area contributed by atoms with Gasteiger partial charge in [0.2, 0.25) is 0 Å². The van der Waals surface area contributed by atoms with Gasteiger partial charge in [0.1, 0.15) is 0 Å². The summed E-state index contributed by atoms with van der Waals surface area (Å²) < 4.78 is 0. The molecule has 0 rings (SSSR count). The molecule has 6 nitrogen and oxygen atoms in total. The van der Waals surface area contributed by atoms with Crippen molar-refractivity contribution >= 4 is 12.0 Å². The maximum absolute atomic E-state index is 11.4. The van der Waals surface area contributed by atoms with Gasteiger partial charge in [-0.1, -0.05) is 20.8 Å². The van der Waals surface area contributed by atoms with Gasteiger partial charge in [-0.25, -0.2) is 9.59 Å². The summed E-state index contributed by atoms with van der Waals surface area (Å²) in [5.74, 6) is -1.26. The molecule has 0 bridgehead atoms. The summed E-state index contributed by atoms with van der Waals surface area (Å²) in [5, 5.41) is 22.1. The first-order valence-corrected chi connectivity index (χ1v) is 5.09. The number of aliphatic carboxylic acids is 1. The summed E-state index contributed by atoms with van der Waals surface area (Å²) in [4.78, 5) is 21.9. The molecule has 0 saturated carbocycles. The van der Waals surface area contributed by atoms with Gasteiger partial charge in [0.15, 0.2) is 6.04 Å². The number of carboxylic acids is 1. The number of aliphatic hydroxyl groups is 1. The molecule has 0 aromatic rings. The second-order valence-corrected chi connectivity index (χ2v) is 4.78. The van der Waals surface area contributed by atoms with Crippen molar-refractivity contribution in [2.24, 2.45) is 5.41 Å². The zero-order valence-electron chi connectivity index (χ0n) is 10.1. The Labute approximate surface area is 95.0 Å². The first-order chi connectivity index (χ1) is 7.18. The third kappa shape index (κ3) is 4.97. The van der Waals surface area contributed by atoms with Gasteiger partial charge in [-0.05, 0) is 12.3 Å². The van der Waals surface area contributed by atoms with Crippen LogP contribution in [0.5, 0.6) is 0 Å². The molecule has 2 atom stereocenters. The highest BCUT2D eigenvalue weighted by Gasteiger charge is 2.24. The lowest BCUT2D eigenvalue weighted by Crippen LogP contribution is -2.52. The molecule has 2 amide bonds. The van der Waals surface area contributed by atoms with E-state index in [-0.39, 0.29) is 11.5 Å². The van der Waals surface area contributed by atoms with Crippen molar-refractivity contribution in [2.75, 3.05) is 6.61 Å². The second-order valence-electron chi connectivity index (χ2n) is 4.78. The topological polar surface area (TPSA) is 98.7 Å². The maximum Gasteiger partial charge on any atom is 0.328 e. The average Bonchev–Trinajstić information content (AvgIpc) is 2.11. The zero-order valence-corrected chi connectivity index (χ0v) is 10.1. The van der Waals surface area contributed by atoms with Crippen LogP contribution in [0.2, 0.25) is 0 Å². The van der Waals surface area contributed by atoms with Gasteiger partial charge >= 0.3 is 12.0 Å². The predicted octanol–water partition coefficient (Wildman–Crippen LogP) is 0.166. The van der Waals surface area contributed by atoms with E-state index in [1.807, 2.05) is 27.7 Å². The minimum Gasteiger partial charge on any atom is -0.480 e. The Balaban J connectivity index is 4.23. The van der Waals surface area contributed by atoms with Crippen LogP contribution in [0.1, 0.15) is 27.7 Å². The molecule has 0 radical (unpaired) electrons. The Hall–Kier alpha value is -1.30. The van der Waals surface area contributed by atoms with Crippen LogP contribution < -0.4 is 10.6 Å². The average molecular weight is 232 g/mol. The molecule has 0 fully saturated rings. The molecule has 0 spiro atoms. The van der Waals surface area contributed by atoms with Crippen molar-refractivity contribution in [3.05, 3.63) is 0 Å². The molecule has 0 aromatic carbocycles. The van der Waals surface area contributed by atoms with Crippen molar-refractivity contribution in [3.63, 3.8) is 0 Å². The van der Waals surface area contributed by atoms with Crippen LogP contribution in [0.25, 0.3) is 0 Å². The molecular weight excluding hydrogens is 212 g/mol. The summed E-state index contributed by atoms with van der Waals surface area (Å²) in [6, 6.07) is -1.98. The number of amides is 2.